The van der Waals surface area contributed by atoms with Gasteiger partial charge >= 0.3 is 0 Å². The Bertz CT molecular complexity index is 3580. The normalized spacial score (nSPS) is 11.7. The second-order valence-corrected chi connectivity index (χ2v) is 15.1. The summed E-state index contributed by atoms with van der Waals surface area (Å²) in [5.41, 5.74) is 11.5. The molecule has 3 aromatic heterocycles. The van der Waals surface area contributed by atoms with Gasteiger partial charge in [-0.05, 0) is 109 Å². The molecule has 0 unspecified atom stereocenters. The average molecular weight is 752 g/mol. The van der Waals surface area contributed by atoms with Gasteiger partial charge in [0.2, 0.25) is 0 Å². The van der Waals surface area contributed by atoms with E-state index in [0.29, 0.717) is 5.82 Å². The smallest absolute Gasteiger partial charge is 0.160 e. The van der Waals surface area contributed by atoms with Gasteiger partial charge in [-0.2, -0.15) is 0 Å². The minimum atomic E-state index is 0.650. The molecule has 9 aromatic carbocycles. The Morgan fingerprint density at radius 3 is 1.75 bits per heavy atom. The number of rotatable bonds is 5. The highest BCUT2D eigenvalue weighted by molar-refractivity contribution is 6.25. The molecular formula is C55H33N3O. The van der Waals surface area contributed by atoms with E-state index in [1.165, 1.54) is 32.3 Å². The number of furan rings is 1. The maximum atomic E-state index is 6.55. The van der Waals surface area contributed by atoms with Crippen LogP contribution in [0.4, 0.5) is 0 Å². The number of pyridine rings is 1. The van der Waals surface area contributed by atoms with Gasteiger partial charge in [-0.25, -0.2) is 9.97 Å². The van der Waals surface area contributed by atoms with Gasteiger partial charge in [-0.15, -0.1) is 0 Å². The molecule has 4 nitrogen and oxygen atoms in total. The van der Waals surface area contributed by atoms with Gasteiger partial charge in [-0.1, -0.05) is 140 Å². The van der Waals surface area contributed by atoms with Gasteiger partial charge in [0.05, 0.1) is 16.9 Å². The zero-order chi connectivity index (χ0) is 38.9. The summed E-state index contributed by atoms with van der Waals surface area (Å²) in [6.45, 7) is 0. The van der Waals surface area contributed by atoms with Crippen molar-refractivity contribution in [2.75, 3.05) is 0 Å². The molecule has 0 fully saturated rings. The van der Waals surface area contributed by atoms with E-state index >= 15 is 0 Å². The van der Waals surface area contributed by atoms with E-state index in [0.717, 1.165) is 83.2 Å². The first-order valence-electron chi connectivity index (χ1n) is 19.9. The highest BCUT2D eigenvalue weighted by atomic mass is 16.3. The molecule has 0 aliphatic carbocycles. The van der Waals surface area contributed by atoms with Crippen molar-refractivity contribution < 1.29 is 4.42 Å². The third-order valence-electron chi connectivity index (χ3n) is 11.7. The molecule has 0 amide bonds. The van der Waals surface area contributed by atoms with Crippen LogP contribution in [0.2, 0.25) is 0 Å². The van der Waals surface area contributed by atoms with Crippen LogP contribution in [0.15, 0.2) is 205 Å². The summed E-state index contributed by atoms with van der Waals surface area (Å²) >= 11 is 0. The monoisotopic (exact) mass is 751 g/mol. The van der Waals surface area contributed by atoms with Gasteiger partial charge in [0.1, 0.15) is 11.2 Å². The number of hydrogen-bond donors (Lipinski definition) is 0. The number of para-hydroxylation sites is 2. The second-order valence-electron chi connectivity index (χ2n) is 15.1. The summed E-state index contributed by atoms with van der Waals surface area (Å²) < 4.78 is 6.55. The van der Waals surface area contributed by atoms with Crippen LogP contribution in [0.5, 0.6) is 0 Å². The fraction of sp³-hybridized carbons (Fsp3) is 0. The van der Waals surface area contributed by atoms with Crippen LogP contribution in [0.1, 0.15) is 0 Å². The Balaban J connectivity index is 1.13. The molecule has 0 N–H and O–H groups in total. The van der Waals surface area contributed by atoms with Gasteiger partial charge < -0.3 is 4.42 Å². The van der Waals surface area contributed by atoms with Crippen molar-refractivity contribution in [3.05, 3.63) is 200 Å². The Morgan fingerprint density at radius 2 is 0.932 bits per heavy atom. The number of hydrogen-bond acceptors (Lipinski definition) is 4. The van der Waals surface area contributed by atoms with Crippen LogP contribution in [-0.4, -0.2) is 15.0 Å². The molecule has 0 radical (unpaired) electrons. The number of benzene rings is 9. The van der Waals surface area contributed by atoms with E-state index < -0.39 is 0 Å². The molecule has 0 saturated heterocycles. The Morgan fingerprint density at radius 1 is 0.322 bits per heavy atom. The van der Waals surface area contributed by atoms with E-state index in [1.54, 1.807) is 0 Å². The van der Waals surface area contributed by atoms with E-state index in [9.17, 15) is 0 Å². The average Bonchev–Trinajstić information content (AvgIpc) is 3.70. The molecule has 0 aliphatic heterocycles. The minimum absolute atomic E-state index is 0.650. The molecule has 0 spiro atoms. The van der Waals surface area contributed by atoms with Crippen molar-refractivity contribution >= 4 is 65.2 Å². The summed E-state index contributed by atoms with van der Waals surface area (Å²) in [6, 6.07) is 68.6. The summed E-state index contributed by atoms with van der Waals surface area (Å²) in [6.07, 6.45) is 1.85. The van der Waals surface area contributed by atoms with Crippen LogP contribution in [-0.2, 0) is 0 Å². The lowest BCUT2D eigenvalue weighted by molar-refractivity contribution is 0.670. The maximum absolute atomic E-state index is 6.55. The minimum Gasteiger partial charge on any atom is -0.455 e. The molecule has 4 heteroatoms. The zero-order valence-corrected chi connectivity index (χ0v) is 31.8. The van der Waals surface area contributed by atoms with Crippen molar-refractivity contribution in [1.82, 2.24) is 15.0 Å². The fourth-order valence-electron chi connectivity index (χ4n) is 8.94. The van der Waals surface area contributed by atoms with Crippen LogP contribution in [0.3, 0.4) is 0 Å². The molecule has 12 rings (SSSR count). The summed E-state index contributed by atoms with van der Waals surface area (Å²) in [7, 11) is 0. The van der Waals surface area contributed by atoms with Crippen molar-refractivity contribution in [2.45, 2.75) is 0 Å². The first-order valence-corrected chi connectivity index (χ1v) is 19.9. The van der Waals surface area contributed by atoms with Crippen molar-refractivity contribution in [2.24, 2.45) is 0 Å². The van der Waals surface area contributed by atoms with Gasteiger partial charge in [0, 0.05) is 39.0 Å². The number of nitrogens with zero attached hydrogens (tertiary/aromatic N) is 3. The van der Waals surface area contributed by atoms with E-state index in [-0.39, 0.29) is 0 Å². The van der Waals surface area contributed by atoms with Gasteiger partial charge in [0.25, 0.3) is 0 Å². The topological polar surface area (TPSA) is 51.8 Å². The third-order valence-corrected chi connectivity index (χ3v) is 11.7. The molecule has 0 bridgehead atoms. The van der Waals surface area contributed by atoms with E-state index in [1.807, 2.05) is 42.6 Å². The molecule has 0 saturated carbocycles. The predicted octanol–water partition coefficient (Wildman–Crippen LogP) is 14.7. The van der Waals surface area contributed by atoms with Crippen LogP contribution < -0.4 is 0 Å². The Labute approximate surface area is 339 Å². The lowest BCUT2D eigenvalue weighted by Gasteiger charge is -2.15. The van der Waals surface area contributed by atoms with E-state index in [4.69, 9.17) is 19.4 Å². The third kappa shape index (κ3) is 5.49. The summed E-state index contributed by atoms with van der Waals surface area (Å²) in [5, 5.41) is 10.7. The molecule has 274 valence electrons. The molecule has 59 heavy (non-hydrogen) atoms. The molecule has 3 heterocycles. The van der Waals surface area contributed by atoms with Crippen LogP contribution in [0, 0.1) is 0 Å². The first kappa shape index (κ1) is 33.2. The van der Waals surface area contributed by atoms with Crippen molar-refractivity contribution in [1.29, 1.82) is 0 Å². The van der Waals surface area contributed by atoms with Crippen molar-refractivity contribution in [3.8, 4) is 56.2 Å². The van der Waals surface area contributed by atoms with Gasteiger partial charge in [-0.3, -0.25) is 4.98 Å². The standard InChI is InChI=1S/C55H33N3O/c1-2-13-34(14-3-1)55-57-51(33-52(58-55)48-22-10-21-47-46-19-8-9-25-53(46)59-54(47)48)38-30-36(29-37(31-38)39-20-11-24-50-45(39)23-12-28-56-50)35-26-27-44-42-17-5-4-15-40(42)41-16-6-7-18-43(41)49(44)32-35/h1-33H. The van der Waals surface area contributed by atoms with Gasteiger partial charge in [0.15, 0.2) is 5.82 Å². The molecular weight excluding hydrogens is 719 g/mol. The second kappa shape index (κ2) is 13.3. The first-order chi connectivity index (χ1) is 29.2. The summed E-state index contributed by atoms with van der Waals surface area (Å²) in [5.74, 6) is 0.650. The summed E-state index contributed by atoms with van der Waals surface area (Å²) in [4.78, 5) is 15.3. The highest BCUT2D eigenvalue weighted by Crippen LogP contribution is 2.41. The SMILES string of the molecule is c1ccc(-c2nc(-c3cc(-c4ccc5c6ccccc6c6ccccc6c5c4)cc(-c4cccc5ncccc45)c3)cc(-c3cccc4c3oc3ccccc34)n2)cc1. The molecule has 0 aliphatic rings. The molecule has 0 atom stereocenters. The lowest BCUT2D eigenvalue weighted by Crippen LogP contribution is -1.97. The number of fused-ring (bicyclic) bond motifs is 10. The molecule has 12 aromatic rings. The maximum Gasteiger partial charge on any atom is 0.160 e. The largest absolute Gasteiger partial charge is 0.455 e. The predicted molar refractivity (Wildman–Crippen MR) is 244 cm³/mol. The quantitative estimate of drug-likeness (QED) is 0.164. The Hall–Kier alpha value is -7.95. The lowest BCUT2D eigenvalue weighted by atomic mass is 9.90. The van der Waals surface area contributed by atoms with Crippen LogP contribution >= 0.6 is 0 Å². The zero-order valence-electron chi connectivity index (χ0n) is 31.8. The van der Waals surface area contributed by atoms with Crippen molar-refractivity contribution in [3.63, 3.8) is 0 Å². The Kier molecular flexibility index (Phi) is 7.50. The van der Waals surface area contributed by atoms with E-state index in [2.05, 4.69) is 158 Å². The fourth-order valence-corrected chi connectivity index (χ4v) is 8.94. The highest BCUT2D eigenvalue weighted by Gasteiger charge is 2.19. The number of aromatic nitrogens is 3. The van der Waals surface area contributed by atoms with Crippen LogP contribution in [0.25, 0.3) is 121 Å².